The van der Waals surface area contributed by atoms with Crippen molar-refractivity contribution in [3.63, 3.8) is 0 Å². The van der Waals surface area contributed by atoms with Gasteiger partial charge < -0.3 is 15.4 Å². The fraction of sp³-hybridized carbons (Fsp3) is 0.909. The van der Waals surface area contributed by atoms with Gasteiger partial charge in [0.05, 0.1) is 7.11 Å². The highest BCUT2D eigenvalue weighted by Gasteiger charge is 2.28. The van der Waals surface area contributed by atoms with Gasteiger partial charge in [-0.15, -0.1) is 0 Å². The maximum absolute atomic E-state index is 11.2. The first kappa shape index (κ1) is 14.2. The van der Waals surface area contributed by atoms with Crippen molar-refractivity contribution in [2.45, 2.75) is 45.6 Å². The van der Waals surface area contributed by atoms with Gasteiger partial charge in [-0.2, -0.15) is 0 Å². The third kappa shape index (κ3) is 5.02. The standard InChI is InChI=1S/C8H16N2O2.C3H8/c1-12-8(11)10-6-2-3-7(10)4-5-9;1-3-2/h7H,2-6,9H2,1H3;3H2,1-2H3/t7-;/m0./s1. The summed E-state index contributed by atoms with van der Waals surface area (Å²) >= 11 is 0. The highest BCUT2D eigenvalue weighted by Crippen LogP contribution is 2.19. The van der Waals surface area contributed by atoms with E-state index in [4.69, 9.17) is 5.73 Å². The number of likely N-dealkylation sites (tertiary alicyclic amines) is 1. The summed E-state index contributed by atoms with van der Waals surface area (Å²) in [6, 6.07) is 0.308. The normalized spacial score (nSPS) is 19.5. The van der Waals surface area contributed by atoms with Gasteiger partial charge in [-0.1, -0.05) is 20.3 Å². The maximum atomic E-state index is 11.2. The molecule has 1 aliphatic heterocycles. The molecule has 0 aromatic carbocycles. The molecule has 4 heteroatoms. The molecule has 2 N–H and O–H groups in total. The number of methoxy groups -OCH3 is 1. The topological polar surface area (TPSA) is 55.6 Å². The van der Waals surface area contributed by atoms with Crippen molar-refractivity contribution < 1.29 is 9.53 Å². The van der Waals surface area contributed by atoms with E-state index in [1.54, 1.807) is 4.90 Å². The molecule has 0 aliphatic carbocycles. The van der Waals surface area contributed by atoms with Crippen LogP contribution in [-0.2, 0) is 4.74 Å². The fourth-order valence-electron chi connectivity index (χ4n) is 1.69. The molecule has 1 amide bonds. The number of hydrogen-bond donors (Lipinski definition) is 1. The molecule has 1 saturated heterocycles. The minimum absolute atomic E-state index is 0.217. The fourth-order valence-corrected chi connectivity index (χ4v) is 1.69. The second-order valence-corrected chi connectivity index (χ2v) is 3.74. The van der Waals surface area contributed by atoms with E-state index in [0.717, 1.165) is 25.8 Å². The second-order valence-electron chi connectivity index (χ2n) is 3.74. The van der Waals surface area contributed by atoms with Crippen LogP contribution in [0.3, 0.4) is 0 Å². The Morgan fingerprint density at radius 2 is 2.13 bits per heavy atom. The summed E-state index contributed by atoms with van der Waals surface area (Å²) in [7, 11) is 1.42. The van der Waals surface area contributed by atoms with Crippen molar-refractivity contribution in [2.75, 3.05) is 20.2 Å². The predicted molar refractivity (Wildman–Crippen MR) is 61.8 cm³/mol. The number of ether oxygens (including phenoxy) is 1. The molecule has 1 atom stereocenters. The molecule has 1 fully saturated rings. The summed E-state index contributed by atoms with van der Waals surface area (Å²) in [5.74, 6) is 0. The Labute approximate surface area is 92.8 Å². The van der Waals surface area contributed by atoms with Crippen LogP contribution in [0.4, 0.5) is 4.79 Å². The van der Waals surface area contributed by atoms with Crippen molar-refractivity contribution in [1.29, 1.82) is 0 Å². The van der Waals surface area contributed by atoms with Crippen molar-refractivity contribution in [3.05, 3.63) is 0 Å². The molecule has 0 spiro atoms. The lowest BCUT2D eigenvalue weighted by molar-refractivity contribution is 0.118. The molecule has 90 valence electrons. The van der Waals surface area contributed by atoms with Gasteiger partial charge in [-0.05, 0) is 25.8 Å². The van der Waals surface area contributed by atoms with E-state index in [1.807, 2.05) is 0 Å². The van der Waals surface area contributed by atoms with Crippen LogP contribution in [0.1, 0.15) is 39.5 Å². The zero-order chi connectivity index (χ0) is 11.7. The number of hydrogen-bond acceptors (Lipinski definition) is 3. The summed E-state index contributed by atoms with van der Waals surface area (Å²) in [5.41, 5.74) is 5.43. The zero-order valence-corrected chi connectivity index (χ0v) is 10.2. The first-order valence-corrected chi connectivity index (χ1v) is 5.75. The van der Waals surface area contributed by atoms with Crippen molar-refractivity contribution in [2.24, 2.45) is 5.73 Å². The molecule has 1 heterocycles. The van der Waals surface area contributed by atoms with Crippen LogP contribution in [0.25, 0.3) is 0 Å². The minimum atomic E-state index is -0.217. The summed E-state index contributed by atoms with van der Waals surface area (Å²) in [4.78, 5) is 12.9. The van der Waals surface area contributed by atoms with Gasteiger partial charge in [0, 0.05) is 12.6 Å². The first-order valence-electron chi connectivity index (χ1n) is 5.75. The number of nitrogens with zero attached hydrogens (tertiary/aromatic N) is 1. The Morgan fingerprint density at radius 3 is 2.60 bits per heavy atom. The Kier molecular flexibility index (Phi) is 8.09. The Bertz CT molecular complexity index is 174. The minimum Gasteiger partial charge on any atom is -0.453 e. The molecule has 1 rings (SSSR count). The zero-order valence-electron chi connectivity index (χ0n) is 10.2. The lowest BCUT2D eigenvalue weighted by atomic mass is 10.1. The molecule has 0 aromatic heterocycles. The van der Waals surface area contributed by atoms with Gasteiger partial charge in [-0.3, -0.25) is 0 Å². The molecule has 4 nitrogen and oxygen atoms in total. The van der Waals surface area contributed by atoms with Crippen LogP contribution in [0.5, 0.6) is 0 Å². The van der Waals surface area contributed by atoms with Gasteiger partial charge >= 0.3 is 6.09 Å². The molecule has 0 bridgehead atoms. The smallest absolute Gasteiger partial charge is 0.409 e. The quantitative estimate of drug-likeness (QED) is 0.768. The predicted octanol–water partition coefficient (Wildman–Crippen LogP) is 1.98. The van der Waals surface area contributed by atoms with Crippen LogP contribution in [0.15, 0.2) is 0 Å². The number of nitrogens with two attached hydrogens (primary N) is 1. The van der Waals surface area contributed by atoms with E-state index in [1.165, 1.54) is 13.5 Å². The van der Waals surface area contributed by atoms with E-state index >= 15 is 0 Å². The number of rotatable bonds is 2. The van der Waals surface area contributed by atoms with Gasteiger partial charge in [-0.25, -0.2) is 4.79 Å². The maximum Gasteiger partial charge on any atom is 0.409 e. The van der Waals surface area contributed by atoms with E-state index < -0.39 is 0 Å². The van der Waals surface area contributed by atoms with Crippen molar-refractivity contribution in [3.8, 4) is 0 Å². The Balaban J connectivity index is 0.000000583. The van der Waals surface area contributed by atoms with Gasteiger partial charge in [0.1, 0.15) is 0 Å². The lowest BCUT2D eigenvalue weighted by Crippen LogP contribution is -2.36. The molecule has 0 unspecified atom stereocenters. The number of carbonyl (C=O) groups is 1. The van der Waals surface area contributed by atoms with E-state index in [-0.39, 0.29) is 6.09 Å². The molecule has 0 saturated carbocycles. The van der Waals surface area contributed by atoms with E-state index in [0.29, 0.717) is 12.6 Å². The Morgan fingerprint density at radius 1 is 1.53 bits per heavy atom. The number of carbonyl (C=O) groups excluding carboxylic acids is 1. The summed E-state index contributed by atoms with van der Waals surface area (Å²) < 4.78 is 4.66. The Hall–Kier alpha value is -0.770. The van der Waals surface area contributed by atoms with Crippen LogP contribution >= 0.6 is 0 Å². The van der Waals surface area contributed by atoms with Gasteiger partial charge in [0.15, 0.2) is 0 Å². The van der Waals surface area contributed by atoms with Crippen LogP contribution in [0, 0.1) is 0 Å². The van der Waals surface area contributed by atoms with E-state index in [9.17, 15) is 4.79 Å². The molecule has 1 aliphatic rings. The first-order chi connectivity index (χ1) is 7.21. The molecular formula is C11H24N2O2. The van der Waals surface area contributed by atoms with Gasteiger partial charge in [0.25, 0.3) is 0 Å². The second kappa shape index (κ2) is 8.53. The SMILES string of the molecule is CCC.COC(=O)N1CCC[C@H]1CCN. The molecule has 15 heavy (non-hydrogen) atoms. The average molecular weight is 216 g/mol. The largest absolute Gasteiger partial charge is 0.453 e. The monoisotopic (exact) mass is 216 g/mol. The lowest BCUT2D eigenvalue weighted by Gasteiger charge is -2.22. The van der Waals surface area contributed by atoms with E-state index in [2.05, 4.69) is 18.6 Å². The van der Waals surface area contributed by atoms with Crippen LogP contribution < -0.4 is 5.73 Å². The molecule has 0 radical (unpaired) electrons. The third-order valence-corrected chi connectivity index (χ3v) is 2.29. The molecule has 0 aromatic rings. The molecular weight excluding hydrogens is 192 g/mol. The highest BCUT2D eigenvalue weighted by atomic mass is 16.5. The third-order valence-electron chi connectivity index (χ3n) is 2.29. The van der Waals surface area contributed by atoms with Gasteiger partial charge in [0.2, 0.25) is 0 Å². The van der Waals surface area contributed by atoms with Crippen molar-refractivity contribution in [1.82, 2.24) is 4.90 Å². The summed E-state index contributed by atoms with van der Waals surface area (Å²) in [5, 5.41) is 0. The highest BCUT2D eigenvalue weighted by molar-refractivity contribution is 5.68. The number of amides is 1. The summed E-state index contributed by atoms with van der Waals surface area (Å²) in [6.07, 6.45) is 4.05. The summed E-state index contributed by atoms with van der Waals surface area (Å²) in [6.45, 7) is 5.70. The van der Waals surface area contributed by atoms with Crippen LogP contribution in [0.2, 0.25) is 0 Å². The van der Waals surface area contributed by atoms with Crippen molar-refractivity contribution >= 4 is 6.09 Å². The van der Waals surface area contributed by atoms with Crippen LogP contribution in [-0.4, -0.2) is 37.2 Å². The average Bonchev–Trinajstić information content (AvgIpc) is 2.67.